The van der Waals surface area contributed by atoms with Gasteiger partial charge in [-0.15, -0.1) is 0 Å². The van der Waals surface area contributed by atoms with Crippen molar-refractivity contribution in [3.63, 3.8) is 0 Å². The number of nitrogens with zero attached hydrogens (tertiary/aromatic N) is 1. The third-order valence-electron chi connectivity index (χ3n) is 3.38. The Morgan fingerprint density at radius 3 is 1.94 bits per heavy atom. The third-order valence-corrected chi connectivity index (χ3v) is 3.38. The van der Waals surface area contributed by atoms with E-state index in [1.54, 1.807) is 6.92 Å². The number of nitrogens with two attached hydrogens (primary N) is 1. The number of benzene rings is 1. The molecule has 3 N–H and O–H groups in total. The number of rotatable bonds is 2. The maximum Gasteiger partial charge on any atom is 0.141 e. The van der Waals surface area contributed by atoms with Crippen LogP contribution in [0.5, 0.6) is 0 Å². The number of nitrogens with one attached hydrogen (secondary N) is 1. The minimum absolute atomic E-state index is 0.828. The molecule has 0 amide bonds. The molecule has 1 unspecified atom stereocenters. The van der Waals surface area contributed by atoms with E-state index >= 15 is 0 Å². The van der Waals surface area contributed by atoms with Crippen molar-refractivity contribution in [1.82, 2.24) is 5.43 Å². The molecule has 0 aliphatic heterocycles. The number of nitriles is 1. The maximum atomic E-state index is 9.28. The van der Waals surface area contributed by atoms with E-state index < -0.39 is 5.54 Å². The molecule has 0 aliphatic carbocycles. The van der Waals surface area contributed by atoms with Gasteiger partial charge in [0.25, 0.3) is 0 Å². The molecule has 1 atom stereocenters. The number of hydrogen-bond donors (Lipinski definition) is 2. The number of hydrazine groups is 1. The van der Waals surface area contributed by atoms with Gasteiger partial charge in [-0.3, -0.25) is 5.84 Å². The van der Waals surface area contributed by atoms with Crippen LogP contribution in [0.3, 0.4) is 0 Å². The van der Waals surface area contributed by atoms with Crippen molar-refractivity contribution in [2.75, 3.05) is 0 Å². The summed E-state index contributed by atoms with van der Waals surface area (Å²) in [6.07, 6.45) is 0. The lowest BCUT2D eigenvalue weighted by Crippen LogP contribution is -2.44. The van der Waals surface area contributed by atoms with Crippen LogP contribution in [0.15, 0.2) is 6.07 Å². The summed E-state index contributed by atoms with van der Waals surface area (Å²) in [5.41, 5.74) is 7.43. The molecule has 16 heavy (non-hydrogen) atoms. The maximum absolute atomic E-state index is 9.28. The summed E-state index contributed by atoms with van der Waals surface area (Å²) in [5.74, 6) is 5.51. The Kier molecular flexibility index (Phi) is 3.37. The Bertz CT molecular complexity index is 431. The van der Waals surface area contributed by atoms with Crippen LogP contribution < -0.4 is 11.3 Å². The summed E-state index contributed by atoms with van der Waals surface area (Å²) in [4.78, 5) is 0. The van der Waals surface area contributed by atoms with Crippen LogP contribution >= 0.6 is 0 Å². The molecule has 0 spiro atoms. The zero-order valence-corrected chi connectivity index (χ0v) is 10.6. The molecule has 0 saturated carbocycles. The number of aryl methyl sites for hydroxylation is 2. The van der Waals surface area contributed by atoms with Gasteiger partial charge in [-0.1, -0.05) is 6.07 Å². The van der Waals surface area contributed by atoms with Gasteiger partial charge < -0.3 is 0 Å². The normalized spacial score (nSPS) is 14.3. The smallest absolute Gasteiger partial charge is 0.141 e. The molecule has 0 heterocycles. The van der Waals surface area contributed by atoms with Crippen LogP contribution in [0.2, 0.25) is 0 Å². The highest BCUT2D eigenvalue weighted by Gasteiger charge is 2.29. The summed E-state index contributed by atoms with van der Waals surface area (Å²) in [7, 11) is 0. The highest BCUT2D eigenvalue weighted by Crippen LogP contribution is 2.30. The molecule has 3 nitrogen and oxygen atoms in total. The quantitative estimate of drug-likeness (QED) is 0.589. The van der Waals surface area contributed by atoms with Crippen molar-refractivity contribution in [2.45, 2.75) is 40.2 Å². The van der Waals surface area contributed by atoms with Gasteiger partial charge in [0, 0.05) is 0 Å². The standard InChI is InChI=1S/C13H19N3/c1-8-6-9(2)11(4)12(10(8)3)13(5,7-14)16-15/h6,16H,15H2,1-5H3. The van der Waals surface area contributed by atoms with Gasteiger partial charge >= 0.3 is 0 Å². The van der Waals surface area contributed by atoms with Crippen molar-refractivity contribution >= 4 is 0 Å². The van der Waals surface area contributed by atoms with Crippen molar-refractivity contribution in [1.29, 1.82) is 5.26 Å². The molecule has 0 aliphatic rings. The second-order valence-electron chi connectivity index (χ2n) is 4.52. The molecule has 1 rings (SSSR count). The van der Waals surface area contributed by atoms with Gasteiger partial charge in [-0.05, 0) is 62.4 Å². The average molecular weight is 217 g/mol. The molecule has 0 saturated heterocycles. The van der Waals surface area contributed by atoms with Crippen LogP contribution in [-0.2, 0) is 5.54 Å². The van der Waals surface area contributed by atoms with Crippen molar-refractivity contribution in [2.24, 2.45) is 5.84 Å². The lowest BCUT2D eigenvalue weighted by atomic mass is 9.83. The van der Waals surface area contributed by atoms with E-state index in [1.807, 2.05) is 13.8 Å². The second kappa shape index (κ2) is 4.25. The molecule has 1 aromatic rings. The fourth-order valence-corrected chi connectivity index (χ4v) is 2.13. The molecule has 0 fully saturated rings. The minimum Gasteiger partial charge on any atom is -0.270 e. The highest BCUT2D eigenvalue weighted by molar-refractivity contribution is 5.49. The molecule has 0 bridgehead atoms. The van der Waals surface area contributed by atoms with Crippen molar-refractivity contribution < 1.29 is 0 Å². The lowest BCUT2D eigenvalue weighted by molar-refractivity contribution is 0.476. The Morgan fingerprint density at radius 1 is 1.19 bits per heavy atom. The molecular formula is C13H19N3. The fraction of sp³-hybridized carbons (Fsp3) is 0.462. The highest BCUT2D eigenvalue weighted by atomic mass is 15.3. The molecule has 86 valence electrons. The second-order valence-corrected chi connectivity index (χ2v) is 4.52. The van der Waals surface area contributed by atoms with Gasteiger partial charge in [0.2, 0.25) is 0 Å². The summed E-state index contributed by atoms with van der Waals surface area (Å²) >= 11 is 0. The zero-order valence-electron chi connectivity index (χ0n) is 10.6. The molecule has 1 aromatic carbocycles. The summed E-state index contributed by atoms with van der Waals surface area (Å²) in [5, 5.41) is 9.28. The van der Waals surface area contributed by atoms with E-state index in [0.29, 0.717) is 0 Å². The van der Waals surface area contributed by atoms with Gasteiger partial charge in [-0.2, -0.15) is 5.26 Å². The predicted molar refractivity (Wildman–Crippen MR) is 65.7 cm³/mol. The topological polar surface area (TPSA) is 61.8 Å². The van der Waals surface area contributed by atoms with Crippen LogP contribution in [0.1, 0.15) is 34.7 Å². The third kappa shape index (κ3) is 1.82. The first-order valence-electron chi connectivity index (χ1n) is 5.34. The van der Waals surface area contributed by atoms with E-state index in [4.69, 9.17) is 5.84 Å². The summed E-state index contributed by atoms with van der Waals surface area (Å²) in [6.45, 7) is 9.98. The lowest BCUT2D eigenvalue weighted by Gasteiger charge is -2.27. The van der Waals surface area contributed by atoms with E-state index in [9.17, 15) is 5.26 Å². The summed E-state index contributed by atoms with van der Waals surface area (Å²) < 4.78 is 0. The Labute approximate surface area is 97.2 Å². The van der Waals surface area contributed by atoms with E-state index in [-0.39, 0.29) is 0 Å². The monoisotopic (exact) mass is 217 g/mol. The van der Waals surface area contributed by atoms with Crippen LogP contribution in [-0.4, -0.2) is 0 Å². The first-order chi connectivity index (χ1) is 7.37. The summed E-state index contributed by atoms with van der Waals surface area (Å²) in [6, 6.07) is 4.39. The fourth-order valence-electron chi connectivity index (χ4n) is 2.13. The Morgan fingerprint density at radius 2 is 1.62 bits per heavy atom. The minimum atomic E-state index is -0.828. The SMILES string of the molecule is Cc1cc(C)c(C)c(C(C)(C#N)NN)c1C. The number of hydrogen-bond acceptors (Lipinski definition) is 3. The molecule has 0 aromatic heterocycles. The Hall–Kier alpha value is -1.37. The van der Waals surface area contributed by atoms with Crippen LogP contribution in [0, 0.1) is 39.0 Å². The van der Waals surface area contributed by atoms with Crippen LogP contribution in [0.25, 0.3) is 0 Å². The van der Waals surface area contributed by atoms with E-state index in [1.165, 1.54) is 11.1 Å². The zero-order chi connectivity index (χ0) is 12.5. The molecule has 3 heteroatoms. The van der Waals surface area contributed by atoms with Crippen LogP contribution in [0.4, 0.5) is 0 Å². The van der Waals surface area contributed by atoms with E-state index in [2.05, 4.69) is 31.4 Å². The van der Waals surface area contributed by atoms with Crippen molar-refractivity contribution in [3.05, 3.63) is 33.9 Å². The Balaban J connectivity index is 3.62. The average Bonchev–Trinajstić information content (AvgIpc) is 2.26. The van der Waals surface area contributed by atoms with E-state index in [0.717, 1.165) is 16.7 Å². The van der Waals surface area contributed by atoms with Crippen molar-refractivity contribution in [3.8, 4) is 6.07 Å². The predicted octanol–water partition coefficient (Wildman–Crippen LogP) is 2.12. The molecular weight excluding hydrogens is 198 g/mol. The first-order valence-corrected chi connectivity index (χ1v) is 5.34. The largest absolute Gasteiger partial charge is 0.270 e. The van der Waals surface area contributed by atoms with Gasteiger partial charge in [-0.25, -0.2) is 5.43 Å². The van der Waals surface area contributed by atoms with Gasteiger partial charge in [0.15, 0.2) is 0 Å². The molecule has 0 radical (unpaired) electrons. The van der Waals surface area contributed by atoms with Gasteiger partial charge in [0.05, 0.1) is 6.07 Å². The van der Waals surface area contributed by atoms with Gasteiger partial charge in [0.1, 0.15) is 5.54 Å². The first kappa shape index (κ1) is 12.7.